The molecule has 5 heteroatoms. The second-order valence-electron chi connectivity index (χ2n) is 24.7. The molecular weight excluding hydrogens is 1020 g/mol. The van der Waals surface area contributed by atoms with Gasteiger partial charge in [0.2, 0.25) is 0 Å². The molecule has 14 rings (SSSR count). The van der Waals surface area contributed by atoms with Gasteiger partial charge in [0.1, 0.15) is 22.8 Å². The summed E-state index contributed by atoms with van der Waals surface area (Å²) in [5.74, 6) is 1.67. The van der Waals surface area contributed by atoms with E-state index in [-0.39, 0.29) is 10.8 Å². The van der Waals surface area contributed by atoms with Crippen molar-refractivity contribution in [2.24, 2.45) is 0 Å². The monoisotopic (exact) mass is 1090 g/mol. The molecule has 0 unspecified atom stereocenters. The first kappa shape index (κ1) is 52.2. The normalized spacial score (nSPS) is 12.9. The number of nitrogens with zero attached hydrogens (tertiary/aromatic N) is 4. The minimum absolute atomic E-state index is 0.0530. The second kappa shape index (κ2) is 20.2. The predicted octanol–water partition coefficient (Wildman–Crippen LogP) is 21.4. The second-order valence-corrected chi connectivity index (χ2v) is 24.7. The fourth-order valence-corrected chi connectivity index (χ4v) is 13.1. The van der Waals surface area contributed by atoms with Crippen molar-refractivity contribution in [2.75, 3.05) is 9.80 Å². The van der Waals surface area contributed by atoms with Crippen LogP contribution >= 0.6 is 0 Å². The molecule has 0 N–H and O–H groups in total. The predicted molar refractivity (Wildman–Crippen MR) is 351 cm³/mol. The minimum atomic E-state index is -0.913. The van der Waals surface area contributed by atoms with Crippen molar-refractivity contribution in [3.8, 4) is 33.4 Å². The SMILES string of the molecule is Cc1cnc(N(c2ccc(C(C)(C)C)cc2)c2cc3c(c4ccccc24)-c2c(cc(N(c4ccc(C(C)(C)C)cc4)c4ncc(C)cc4-c4ccccc4)c4c2oc2ccccc24)C3(c2ccccc2)c2ccccc2)c(-c2ccccc2)c1. The fourth-order valence-electron chi connectivity index (χ4n) is 13.1. The summed E-state index contributed by atoms with van der Waals surface area (Å²) in [5, 5.41) is 4.24. The molecule has 3 aromatic heterocycles. The van der Waals surface area contributed by atoms with Gasteiger partial charge in [0.25, 0.3) is 0 Å². The summed E-state index contributed by atoms with van der Waals surface area (Å²) in [6.07, 6.45) is 4.02. The van der Waals surface area contributed by atoms with E-state index in [4.69, 9.17) is 14.4 Å². The number of benzene rings is 10. The standard InChI is InChI=1S/C79H66N4O/c1-51-45-64(53-25-13-9-14-26-53)75(80-49-51)82(59-41-37-55(38-42-59)77(3,4)5)68-47-66-71(62-34-22-21-33-61(62)68)73-67(79(66,57-29-17-11-18-30-57)58-31-19-12-20-32-58)48-69(72-63-35-23-24-36-70(63)84-74(72)73)83(60-43-39-56(40-44-60)78(6,7)8)76-65(46-52(2)50-81-76)54-27-15-10-16-28-54/h9-50H,1-8H3. The van der Waals surface area contributed by atoms with Crippen LogP contribution in [0.2, 0.25) is 0 Å². The molecule has 0 bridgehead atoms. The Bertz CT molecular complexity index is 4570. The van der Waals surface area contributed by atoms with Crippen LogP contribution in [-0.2, 0) is 16.2 Å². The van der Waals surface area contributed by atoms with E-state index < -0.39 is 5.41 Å². The number of aryl methyl sites for hydroxylation is 2. The molecule has 0 spiro atoms. The van der Waals surface area contributed by atoms with Crippen LogP contribution in [-0.4, -0.2) is 9.97 Å². The topological polar surface area (TPSA) is 45.4 Å². The van der Waals surface area contributed by atoms with Crippen molar-refractivity contribution < 1.29 is 4.42 Å². The van der Waals surface area contributed by atoms with Gasteiger partial charge in [-0.05, 0) is 146 Å². The average molecular weight is 1090 g/mol. The first-order valence-corrected chi connectivity index (χ1v) is 29.3. The van der Waals surface area contributed by atoms with E-state index in [1.54, 1.807) is 0 Å². The number of fused-ring (bicyclic) bond motifs is 9. The lowest BCUT2D eigenvalue weighted by Gasteiger charge is -2.36. The zero-order chi connectivity index (χ0) is 57.5. The minimum Gasteiger partial charge on any atom is -0.455 e. The molecule has 0 fully saturated rings. The molecule has 408 valence electrons. The average Bonchev–Trinajstić information content (AvgIpc) is 1.59. The zero-order valence-electron chi connectivity index (χ0n) is 48.9. The van der Waals surface area contributed by atoms with E-state index in [0.29, 0.717) is 0 Å². The number of para-hydroxylation sites is 1. The van der Waals surface area contributed by atoms with Crippen molar-refractivity contribution in [1.29, 1.82) is 0 Å². The van der Waals surface area contributed by atoms with Crippen LogP contribution in [0.5, 0.6) is 0 Å². The Morgan fingerprint density at radius 2 is 0.798 bits per heavy atom. The molecule has 0 radical (unpaired) electrons. The number of hydrogen-bond acceptors (Lipinski definition) is 5. The molecule has 0 saturated carbocycles. The molecule has 0 amide bonds. The smallest absolute Gasteiger partial charge is 0.145 e. The van der Waals surface area contributed by atoms with Crippen molar-refractivity contribution in [3.05, 3.63) is 300 Å². The number of rotatable bonds is 10. The zero-order valence-corrected chi connectivity index (χ0v) is 48.9. The summed E-state index contributed by atoms with van der Waals surface area (Å²) >= 11 is 0. The molecule has 1 aliphatic carbocycles. The van der Waals surface area contributed by atoms with Crippen LogP contribution in [0.15, 0.2) is 259 Å². The summed E-state index contributed by atoms with van der Waals surface area (Å²) in [6.45, 7) is 17.9. The lowest BCUT2D eigenvalue weighted by Crippen LogP contribution is -2.29. The van der Waals surface area contributed by atoms with Crippen LogP contribution < -0.4 is 9.80 Å². The van der Waals surface area contributed by atoms with E-state index in [0.717, 1.165) is 134 Å². The number of aromatic nitrogens is 2. The van der Waals surface area contributed by atoms with E-state index in [1.165, 1.54) is 11.1 Å². The Morgan fingerprint density at radius 1 is 0.393 bits per heavy atom. The van der Waals surface area contributed by atoms with Gasteiger partial charge in [0, 0.05) is 51.2 Å². The Balaban J connectivity index is 1.16. The number of hydrogen-bond donors (Lipinski definition) is 0. The Labute approximate surface area is 493 Å². The molecule has 13 aromatic rings. The van der Waals surface area contributed by atoms with Gasteiger partial charge in [-0.3, -0.25) is 9.80 Å². The van der Waals surface area contributed by atoms with Gasteiger partial charge in [-0.2, -0.15) is 0 Å². The number of pyridine rings is 2. The maximum Gasteiger partial charge on any atom is 0.145 e. The number of anilines is 6. The van der Waals surface area contributed by atoms with Crippen LogP contribution in [0, 0.1) is 13.8 Å². The largest absolute Gasteiger partial charge is 0.455 e. The highest BCUT2D eigenvalue weighted by molar-refractivity contribution is 6.23. The van der Waals surface area contributed by atoms with E-state index in [2.05, 4.69) is 308 Å². The van der Waals surface area contributed by atoms with Gasteiger partial charge in [-0.1, -0.05) is 230 Å². The molecular formula is C79H66N4O. The summed E-state index contributed by atoms with van der Waals surface area (Å²) in [4.78, 5) is 15.8. The van der Waals surface area contributed by atoms with Crippen LogP contribution in [0.3, 0.4) is 0 Å². The lowest BCUT2D eigenvalue weighted by atomic mass is 9.67. The molecule has 10 aromatic carbocycles. The molecule has 0 aliphatic heterocycles. The molecule has 5 nitrogen and oxygen atoms in total. The highest BCUT2D eigenvalue weighted by Crippen LogP contribution is 2.64. The van der Waals surface area contributed by atoms with Gasteiger partial charge >= 0.3 is 0 Å². The van der Waals surface area contributed by atoms with E-state index in [1.807, 2.05) is 12.4 Å². The maximum absolute atomic E-state index is 7.59. The Morgan fingerprint density at radius 3 is 1.29 bits per heavy atom. The molecule has 1 aliphatic rings. The third kappa shape index (κ3) is 8.60. The molecule has 0 atom stereocenters. The summed E-state index contributed by atoms with van der Waals surface area (Å²) in [6, 6.07) is 89.1. The van der Waals surface area contributed by atoms with E-state index in [9.17, 15) is 0 Å². The van der Waals surface area contributed by atoms with E-state index >= 15 is 0 Å². The summed E-state index contributed by atoms with van der Waals surface area (Å²) in [5.41, 5.74) is 20.3. The van der Waals surface area contributed by atoms with Gasteiger partial charge < -0.3 is 4.42 Å². The molecule has 0 saturated heterocycles. The Kier molecular flexibility index (Phi) is 12.6. The quantitative estimate of drug-likeness (QED) is 0.137. The van der Waals surface area contributed by atoms with Gasteiger partial charge in [0.05, 0.1) is 22.2 Å². The van der Waals surface area contributed by atoms with Crippen LogP contribution in [0.4, 0.5) is 34.4 Å². The fraction of sp³-hybridized carbons (Fsp3) is 0.139. The Hall–Kier alpha value is -9.84. The maximum atomic E-state index is 7.59. The summed E-state index contributed by atoms with van der Waals surface area (Å²) in [7, 11) is 0. The van der Waals surface area contributed by atoms with Crippen molar-refractivity contribution in [1.82, 2.24) is 9.97 Å². The van der Waals surface area contributed by atoms with Gasteiger partial charge in [-0.25, -0.2) is 9.97 Å². The van der Waals surface area contributed by atoms with Gasteiger partial charge in [-0.15, -0.1) is 0 Å². The van der Waals surface area contributed by atoms with Crippen LogP contribution in [0.1, 0.15) is 86.1 Å². The first-order chi connectivity index (χ1) is 40.8. The van der Waals surface area contributed by atoms with Crippen molar-refractivity contribution >= 4 is 67.1 Å². The molecule has 84 heavy (non-hydrogen) atoms. The summed E-state index contributed by atoms with van der Waals surface area (Å²) < 4.78 is 7.59. The lowest BCUT2D eigenvalue weighted by molar-refractivity contribution is 0.590. The molecule has 3 heterocycles. The highest BCUT2D eigenvalue weighted by atomic mass is 16.3. The third-order valence-electron chi connectivity index (χ3n) is 17.2. The first-order valence-electron chi connectivity index (χ1n) is 29.3. The number of furan rings is 1. The van der Waals surface area contributed by atoms with Crippen molar-refractivity contribution in [2.45, 2.75) is 71.6 Å². The third-order valence-corrected chi connectivity index (χ3v) is 17.2. The van der Waals surface area contributed by atoms with Gasteiger partial charge in [0.15, 0.2) is 0 Å². The van der Waals surface area contributed by atoms with Crippen molar-refractivity contribution in [3.63, 3.8) is 0 Å². The van der Waals surface area contributed by atoms with Crippen LogP contribution in [0.25, 0.3) is 66.1 Å². The highest BCUT2D eigenvalue weighted by Gasteiger charge is 2.50.